The molecule has 1 aliphatic rings. The lowest BCUT2D eigenvalue weighted by molar-refractivity contribution is -0.118. The first-order valence-electron chi connectivity index (χ1n) is 4.90. The van der Waals surface area contributed by atoms with Crippen LogP contribution in [-0.4, -0.2) is 29.4 Å². The largest absolute Gasteiger partial charge is 0.370 e. The molecule has 14 heavy (non-hydrogen) atoms. The number of hydrogen-bond donors (Lipinski definition) is 2. The molecule has 1 rings (SSSR count). The average Bonchev–Trinajstić information content (AvgIpc) is 2.12. The van der Waals surface area contributed by atoms with Crippen molar-refractivity contribution in [2.24, 2.45) is 10.7 Å². The lowest BCUT2D eigenvalue weighted by Crippen LogP contribution is -2.35. The highest BCUT2D eigenvalue weighted by molar-refractivity contribution is 8.13. The highest BCUT2D eigenvalue weighted by Crippen LogP contribution is 2.13. The van der Waals surface area contributed by atoms with Gasteiger partial charge in [0.15, 0.2) is 5.17 Å². The first-order chi connectivity index (χ1) is 6.68. The van der Waals surface area contributed by atoms with Crippen molar-refractivity contribution < 1.29 is 4.79 Å². The van der Waals surface area contributed by atoms with Gasteiger partial charge in [0.1, 0.15) is 0 Å². The summed E-state index contributed by atoms with van der Waals surface area (Å²) in [6.45, 7) is 2.84. The van der Waals surface area contributed by atoms with Crippen molar-refractivity contribution in [3.63, 3.8) is 0 Å². The van der Waals surface area contributed by atoms with Gasteiger partial charge in [-0.2, -0.15) is 0 Å². The third-order valence-corrected chi connectivity index (χ3v) is 2.96. The first kappa shape index (κ1) is 11.4. The van der Waals surface area contributed by atoms with Crippen molar-refractivity contribution in [2.75, 3.05) is 12.3 Å². The number of amidine groups is 1. The molecule has 1 unspecified atom stereocenters. The van der Waals surface area contributed by atoms with E-state index in [4.69, 9.17) is 5.73 Å². The van der Waals surface area contributed by atoms with Crippen LogP contribution in [0, 0.1) is 0 Å². The fourth-order valence-electron chi connectivity index (χ4n) is 1.18. The Hall–Kier alpha value is -0.710. The summed E-state index contributed by atoms with van der Waals surface area (Å²) in [6.07, 6.45) is 2.36. The van der Waals surface area contributed by atoms with Gasteiger partial charge in [-0.05, 0) is 19.8 Å². The van der Waals surface area contributed by atoms with Gasteiger partial charge in [-0.15, -0.1) is 0 Å². The molecule has 3 N–H and O–H groups in total. The van der Waals surface area contributed by atoms with E-state index >= 15 is 0 Å². The molecule has 1 heterocycles. The quantitative estimate of drug-likeness (QED) is 0.679. The number of thioether (sulfide) groups is 1. The van der Waals surface area contributed by atoms with E-state index in [1.54, 1.807) is 11.8 Å². The number of hydrogen-bond acceptors (Lipinski definition) is 3. The van der Waals surface area contributed by atoms with Crippen LogP contribution in [0.15, 0.2) is 4.99 Å². The average molecular weight is 215 g/mol. The van der Waals surface area contributed by atoms with Gasteiger partial charge in [0.25, 0.3) is 0 Å². The first-order valence-corrected chi connectivity index (χ1v) is 5.89. The van der Waals surface area contributed by atoms with Gasteiger partial charge >= 0.3 is 0 Å². The predicted octanol–water partition coefficient (Wildman–Crippen LogP) is 0.723. The molecule has 0 aromatic rings. The van der Waals surface area contributed by atoms with Crippen molar-refractivity contribution in [1.82, 2.24) is 5.32 Å². The Kier molecular flexibility index (Phi) is 4.79. The van der Waals surface area contributed by atoms with Crippen LogP contribution < -0.4 is 11.1 Å². The lowest BCUT2D eigenvalue weighted by Gasteiger charge is -2.21. The minimum absolute atomic E-state index is 0.247. The van der Waals surface area contributed by atoms with E-state index in [0.717, 1.165) is 17.3 Å². The highest BCUT2D eigenvalue weighted by Gasteiger charge is 2.12. The SMILES string of the molecule is CC1CCSC(=NCCCC(N)=O)N1. The number of carbonyl (C=O) groups excluding carboxylic acids is 1. The van der Waals surface area contributed by atoms with Crippen LogP contribution in [0.25, 0.3) is 0 Å². The summed E-state index contributed by atoms with van der Waals surface area (Å²) in [5.74, 6) is 0.880. The van der Waals surface area contributed by atoms with Crippen molar-refractivity contribution in [2.45, 2.75) is 32.2 Å². The van der Waals surface area contributed by atoms with Crippen LogP contribution in [0.4, 0.5) is 0 Å². The highest BCUT2D eigenvalue weighted by atomic mass is 32.2. The topological polar surface area (TPSA) is 67.5 Å². The van der Waals surface area contributed by atoms with Gasteiger partial charge in [0.05, 0.1) is 0 Å². The molecule has 5 heteroatoms. The maximum Gasteiger partial charge on any atom is 0.217 e. The van der Waals surface area contributed by atoms with Crippen LogP contribution in [0.1, 0.15) is 26.2 Å². The molecule has 1 saturated heterocycles. The van der Waals surface area contributed by atoms with E-state index in [1.807, 2.05) is 0 Å². The van der Waals surface area contributed by atoms with Gasteiger partial charge in [-0.25, -0.2) is 0 Å². The second-order valence-electron chi connectivity index (χ2n) is 3.44. The molecule has 1 atom stereocenters. The summed E-state index contributed by atoms with van der Waals surface area (Å²) < 4.78 is 0. The number of nitrogens with two attached hydrogens (primary N) is 1. The molecule has 0 radical (unpaired) electrons. The number of carbonyl (C=O) groups is 1. The molecule has 0 spiro atoms. The maximum absolute atomic E-state index is 10.5. The summed E-state index contributed by atoms with van der Waals surface area (Å²) >= 11 is 1.75. The third kappa shape index (κ3) is 4.50. The van der Waals surface area contributed by atoms with Crippen LogP contribution >= 0.6 is 11.8 Å². The van der Waals surface area contributed by atoms with Gasteiger partial charge in [-0.3, -0.25) is 9.79 Å². The maximum atomic E-state index is 10.5. The number of aliphatic imine (C=N–C) groups is 1. The summed E-state index contributed by atoms with van der Waals surface area (Å²) in [5.41, 5.74) is 5.03. The number of nitrogens with zero attached hydrogens (tertiary/aromatic N) is 1. The predicted molar refractivity (Wildman–Crippen MR) is 60.4 cm³/mol. The molecule has 1 fully saturated rings. The monoisotopic (exact) mass is 215 g/mol. The molecule has 80 valence electrons. The molecule has 1 aliphatic heterocycles. The third-order valence-electron chi connectivity index (χ3n) is 2.00. The van der Waals surface area contributed by atoms with Crippen molar-refractivity contribution in [1.29, 1.82) is 0 Å². The molecular formula is C9H17N3OS. The Morgan fingerprint density at radius 2 is 2.57 bits per heavy atom. The fraction of sp³-hybridized carbons (Fsp3) is 0.778. The Labute approximate surface area is 88.7 Å². The second-order valence-corrected chi connectivity index (χ2v) is 4.52. The molecule has 0 aliphatic carbocycles. The van der Waals surface area contributed by atoms with Crippen molar-refractivity contribution in [3.8, 4) is 0 Å². The van der Waals surface area contributed by atoms with E-state index < -0.39 is 0 Å². The summed E-state index contributed by atoms with van der Waals surface area (Å²) in [6, 6.07) is 0.520. The molecule has 4 nitrogen and oxygen atoms in total. The smallest absolute Gasteiger partial charge is 0.217 e. The molecular weight excluding hydrogens is 198 g/mol. The van der Waals surface area contributed by atoms with Crippen LogP contribution in [0.5, 0.6) is 0 Å². The van der Waals surface area contributed by atoms with Crippen molar-refractivity contribution >= 4 is 22.8 Å². The summed E-state index contributed by atoms with van der Waals surface area (Å²) in [5, 5.41) is 4.31. The molecule has 1 amide bonds. The van der Waals surface area contributed by atoms with Gasteiger partial charge in [-0.1, -0.05) is 11.8 Å². The van der Waals surface area contributed by atoms with Crippen LogP contribution in [-0.2, 0) is 4.79 Å². The second kappa shape index (κ2) is 5.90. The minimum Gasteiger partial charge on any atom is -0.370 e. The Morgan fingerprint density at radius 1 is 1.79 bits per heavy atom. The zero-order valence-corrected chi connectivity index (χ0v) is 9.27. The standard InChI is InChI=1S/C9H17N3OS/c1-7-4-6-14-9(12-7)11-5-2-3-8(10)13/h7H,2-6H2,1H3,(H2,10,13)(H,11,12). The number of primary amides is 1. The van der Waals surface area contributed by atoms with Crippen LogP contribution in [0.3, 0.4) is 0 Å². The Morgan fingerprint density at radius 3 is 3.21 bits per heavy atom. The number of amides is 1. The molecule has 0 saturated carbocycles. The van der Waals surface area contributed by atoms with Gasteiger partial charge < -0.3 is 11.1 Å². The van der Waals surface area contributed by atoms with E-state index in [-0.39, 0.29) is 5.91 Å². The van der Waals surface area contributed by atoms with Crippen molar-refractivity contribution in [3.05, 3.63) is 0 Å². The number of nitrogens with one attached hydrogen (secondary N) is 1. The summed E-state index contributed by atoms with van der Waals surface area (Å²) in [4.78, 5) is 14.8. The molecule has 0 aromatic carbocycles. The fourth-order valence-corrected chi connectivity index (χ4v) is 2.31. The van der Waals surface area contributed by atoms with E-state index in [9.17, 15) is 4.79 Å². The Balaban J connectivity index is 2.19. The Bertz CT molecular complexity index is 230. The van der Waals surface area contributed by atoms with Gasteiger partial charge in [0.2, 0.25) is 5.91 Å². The lowest BCUT2D eigenvalue weighted by atomic mass is 10.3. The van der Waals surface area contributed by atoms with Gasteiger partial charge in [0, 0.05) is 24.8 Å². The minimum atomic E-state index is -0.247. The van der Waals surface area contributed by atoms with E-state index in [1.165, 1.54) is 6.42 Å². The summed E-state index contributed by atoms with van der Waals surface area (Å²) in [7, 11) is 0. The van der Waals surface area contributed by atoms with Crippen LogP contribution in [0.2, 0.25) is 0 Å². The van der Waals surface area contributed by atoms with E-state index in [0.29, 0.717) is 19.0 Å². The molecule has 0 bridgehead atoms. The zero-order valence-electron chi connectivity index (χ0n) is 8.45. The number of rotatable bonds is 4. The zero-order chi connectivity index (χ0) is 10.4. The normalized spacial score (nSPS) is 24.6. The molecule has 0 aromatic heterocycles. The van der Waals surface area contributed by atoms with E-state index in [2.05, 4.69) is 17.2 Å².